The van der Waals surface area contributed by atoms with Gasteiger partial charge in [0.15, 0.2) is 11.5 Å². The molecule has 0 atom stereocenters. The summed E-state index contributed by atoms with van der Waals surface area (Å²) < 4.78 is 7.32. The Kier molecular flexibility index (Phi) is 5.74. The Labute approximate surface area is 176 Å². The number of phenols is 1. The van der Waals surface area contributed by atoms with Crippen LogP contribution in [0.2, 0.25) is 0 Å². The first-order valence-electron chi connectivity index (χ1n) is 10.3. The van der Waals surface area contributed by atoms with Crippen molar-refractivity contribution >= 4 is 5.91 Å². The summed E-state index contributed by atoms with van der Waals surface area (Å²) in [6.45, 7) is 1.26. The maximum absolute atomic E-state index is 13.3. The van der Waals surface area contributed by atoms with Crippen molar-refractivity contribution in [3.8, 4) is 22.9 Å². The number of amides is 1. The molecule has 0 aliphatic carbocycles. The Bertz CT molecular complexity index is 1040. The summed E-state index contributed by atoms with van der Waals surface area (Å²) in [4.78, 5) is 19.8. The van der Waals surface area contributed by atoms with Gasteiger partial charge in [0.05, 0.1) is 12.8 Å². The average molecular weight is 405 g/mol. The van der Waals surface area contributed by atoms with Crippen molar-refractivity contribution in [1.82, 2.24) is 14.5 Å². The van der Waals surface area contributed by atoms with E-state index < -0.39 is 0 Å². The molecule has 0 saturated heterocycles. The number of benzene rings is 2. The zero-order valence-corrected chi connectivity index (χ0v) is 17.5. The SMILES string of the molecule is COc1ccc(CN(C)C(=O)c2nc(-c3ccccc3)n3c2CCCCC3)cc1O. The summed E-state index contributed by atoms with van der Waals surface area (Å²) in [5.74, 6) is 1.25. The van der Waals surface area contributed by atoms with Crippen LogP contribution in [0, 0.1) is 0 Å². The van der Waals surface area contributed by atoms with Crippen LogP contribution in [0.25, 0.3) is 11.4 Å². The molecule has 3 aromatic rings. The number of fused-ring (bicyclic) bond motifs is 1. The van der Waals surface area contributed by atoms with E-state index in [9.17, 15) is 9.90 Å². The van der Waals surface area contributed by atoms with E-state index in [0.29, 0.717) is 18.0 Å². The van der Waals surface area contributed by atoms with Crippen LogP contribution in [0.1, 0.15) is 41.0 Å². The minimum atomic E-state index is -0.0989. The lowest BCUT2D eigenvalue weighted by Crippen LogP contribution is -2.27. The first-order chi connectivity index (χ1) is 14.6. The van der Waals surface area contributed by atoms with Gasteiger partial charge in [-0.05, 0) is 37.0 Å². The molecule has 6 heteroatoms. The highest BCUT2D eigenvalue weighted by Crippen LogP contribution is 2.29. The number of hydrogen-bond donors (Lipinski definition) is 1. The van der Waals surface area contributed by atoms with Gasteiger partial charge in [0.2, 0.25) is 0 Å². The topological polar surface area (TPSA) is 67.6 Å². The summed E-state index contributed by atoms with van der Waals surface area (Å²) in [6.07, 6.45) is 4.18. The Balaban J connectivity index is 1.65. The fourth-order valence-electron chi connectivity index (χ4n) is 4.06. The largest absolute Gasteiger partial charge is 0.504 e. The Hall–Kier alpha value is -3.28. The number of carbonyl (C=O) groups excluding carboxylic acids is 1. The third-order valence-electron chi connectivity index (χ3n) is 5.61. The van der Waals surface area contributed by atoms with Crippen molar-refractivity contribution in [2.24, 2.45) is 0 Å². The van der Waals surface area contributed by atoms with E-state index in [0.717, 1.165) is 54.9 Å². The molecular formula is C24H27N3O3. The lowest BCUT2D eigenvalue weighted by atomic mass is 10.1. The van der Waals surface area contributed by atoms with Gasteiger partial charge >= 0.3 is 0 Å². The molecule has 1 aromatic heterocycles. The fraction of sp³-hybridized carbons (Fsp3) is 0.333. The lowest BCUT2D eigenvalue weighted by Gasteiger charge is -2.17. The summed E-state index contributed by atoms with van der Waals surface area (Å²) in [5, 5.41) is 10.0. The molecule has 0 fully saturated rings. The van der Waals surface area contributed by atoms with Crippen LogP contribution < -0.4 is 4.74 Å². The summed E-state index contributed by atoms with van der Waals surface area (Å²) in [5.41, 5.74) is 3.43. The van der Waals surface area contributed by atoms with Crippen LogP contribution in [0.3, 0.4) is 0 Å². The molecule has 156 valence electrons. The van der Waals surface area contributed by atoms with Gasteiger partial charge in [-0.2, -0.15) is 0 Å². The second-order valence-electron chi connectivity index (χ2n) is 7.73. The third kappa shape index (κ3) is 3.90. The number of hydrogen-bond acceptors (Lipinski definition) is 4. The van der Waals surface area contributed by atoms with Gasteiger partial charge in [-0.1, -0.05) is 42.8 Å². The Morgan fingerprint density at radius 1 is 1.17 bits per heavy atom. The first-order valence-corrected chi connectivity index (χ1v) is 10.3. The van der Waals surface area contributed by atoms with Crippen molar-refractivity contribution in [3.05, 3.63) is 65.5 Å². The van der Waals surface area contributed by atoms with E-state index >= 15 is 0 Å². The standard InChI is InChI=1S/C24H27N3O3/c1-26(16-17-12-13-21(30-2)20(28)15-17)24(29)22-19-11-7-4-8-14-27(19)23(25-22)18-9-5-3-6-10-18/h3,5-6,9-10,12-13,15,28H,4,7-8,11,14,16H2,1-2H3. The quantitative estimate of drug-likeness (QED) is 0.689. The summed E-state index contributed by atoms with van der Waals surface area (Å²) in [6, 6.07) is 15.3. The molecule has 2 aromatic carbocycles. The van der Waals surface area contributed by atoms with E-state index in [2.05, 4.69) is 4.57 Å². The molecule has 0 radical (unpaired) electrons. The zero-order valence-electron chi connectivity index (χ0n) is 17.5. The van der Waals surface area contributed by atoms with Crippen LogP contribution in [-0.2, 0) is 19.5 Å². The molecule has 0 saturated carbocycles. The zero-order chi connectivity index (χ0) is 21.1. The summed E-state index contributed by atoms with van der Waals surface area (Å²) in [7, 11) is 3.29. The van der Waals surface area contributed by atoms with Gasteiger partial charge in [0, 0.05) is 25.7 Å². The number of ether oxygens (including phenoxy) is 1. The van der Waals surface area contributed by atoms with E-state index in [-0.39, 0.29) is 11.7 Å². The second kappa shape index (κ2) is 8.61. The fourth-order valence-corrected chi connectivity index (χ4v) is 4.06. The van der Waals surface area contributed by atoms with Crippen molar-refractivity contribution < 1.29 is 14.6 Å². The van der Waals surface area contributed by atoms with Gasteiger partial charge in [-0.15, -0.1) is 0 Å². The molecule has 1 aliphatic rings. The van der Waals surface area contributed by atoms with Crippen molar-refractivity contribution in [2.45, 2.75) is 38.8 Å². The van der Waals surface area contributed by atoms with E-state index in [1.54, 1.807) is 24.1 Å². The number of methoxy groups -OCH3 is 1. The van der Waals surface area contributed by atoms with Crippen molar-refractivity contribution in [2.75, 3.05) is 14.2 Å². The monoisotopic (exact) mass is 405 g/mol. The smallest absolute Gasteiger partial charge is 0.274 e. The molecule has 1 N–H and O–H groups in total. The van der Waals surface area contributed by atoms with Gasteiger partial charge in [-0.25, -0.2) is 4.98 Å². The molecule has 6 nitrogen and oxygen atoms in total. The minimum Gasteiger partial charge on any atom is -0.504 e. The molecule has 1 amide bonds. The number of aromatic hydroxyl groups is 1. The van der Waals surface area contributed by atoms with Crippen LogP contribution >= 0.6 is 0 Å². The molecule has 4 rings (SSSR count). The highest BCUT2D eigenvalue weighted by atomic mass is 16.5. The van der Waals surface area contributed by atoms with Crippen LogP contribution in [0.4, 0.5) is 0 Å². The number of nitrogens with zero attached hydrogens (tertiary/aromatic N) is 3. The van der Waals surface area contributed by atoms with Gasteiger partial charge in [0.1, 0.15) is 11.5 Å². The molecule has 1 aliphatic heterocycles. The lowest BCUT2D eigenvalue weighted by molar-refractivity contribution is 0.0778. The third-order valence-corrected chi connectivity index (χ3v) is 5.61. The van der Waals surface area contributed by atoms with Gasteiger partial charge in [0.25, 0.3) is 5.91 Å². The number of aromatic nitrogens is 2. The molecule has 0 bridgehead atoms. The maximum Gasteiger partial charge on any atom is 0.274 e. The number of rotatable bonds is 5. The molecule has 0 unspecified atom stereocenters. The van der Waals surface area contributed by atoms with Gasteiger partial charge < -0.3 is 19.3 Å². The maximum atomic E-state index is 13.3. The molecule has 2 heterocycles. The predicted octanol–water partition coefficient (Wildman–Crippen LogP) is 4.26. The minimum absolute atomic E-state index is 0.0677. The normalized spacial score (nSPS) is 13.4. The van der Waals surface area contributed by atoms with Crippen LogP contribution in [0.5, 0.6) is 11.5 Å². The molecule has 30 heavy (non-hydrogen) atoms. The second-order valence-corrected chi connectivity index (χ2v) is 7.73. The van der Waals surface area contributed by atoms with E-state index in [1.165, 1.54) is 7.11 Å². The van der Waals surface area contributed by atoms with Crippen molar-refractivity contribution in [1.29, 1.82) is 0 Å². The van der Waals surface area contributed by atoms with Gasteiger partial charge in [-0.3, -0.25) is 4.79 Å². The first kappa shape index (κ1) is 20.0. The van der Waals surface area contributed by atoms with Crippen molar-refractivity contribution in [3.63, 3.8) is 0 Å². The predicted molar refractivity (Wildman–Crippen MR) is 116 cm³/mol. The Morgan fingerprint density at radius 3 is 2.70 bits per heavy atom. The average Bonchev–Trinajstić information content (AvgIpc) is 2.94. The number of imidazole rings is 1. The molecular weight excluding hydrogens is 378 g/mol. The highest BCUT2D eigenvalue weighted by Gasteiger charge is 2.26. The molecule has 0 spiro atoms. The number of phenolic OH excluding ortho intramolecular Hbond substituents is 1. The summed E-state index contributed by atoms with van der Waals surface area (Å²) >= 11 is 0. The van der Waals surface area contributed by atoms with E-state index in [4.69, 9.17) is 9.72 Å². The Morgan fingerprint density at radius 2 is 1.97 bits per heavy atom. The van der Waals surface area contributed by atoms with E-state index in [1.807, 2.05) is 36.4 Å². The van der Waals surface area contributed by atoms with Crippen LogP contribution in [-0.4, -0.2) is 39.6 Å². The van der Waals surface area contributed by atoms with Crippen LogP contribution in [0.15, 0.2) is 48.5 Å². The highest BCUT2D eigenvalue weighted by molar-refractivity contribution is 5.94. The number of carbonyl (C=O) groups is 1.